The Labute approximate surface area is 105 Å². The van der Waals surface area contributed by atoms with Gasteiger partial charge < -0.3 is 10.2 Å². The normalized spacial score (nSPS) is 26.1. The zero-order valence-electron chi connectivity index (χ0n) is 11.1. The molecule has 0 aromatic carbocycles. The highest BCUT2D eigenvalue weighted by Gasteiger charge is 2.25. The Kier molecular flexibility index (Phi) is 4.84. The molecule has 3 heteroatoms. The van der Waals surface area contributed by atoms with Gasteiger partial charge in [0.05, 0.1) is 5.92 Å². The van der Waals surface area contributed by atoms with Crippen LogP contribution in [0.25, 0.3) is 0 Å². The van der Waals surface area contributed by atoms with E-state index in [1.807, 2.05) is 11.9 Å². The molecular weight excluding hydrogens is 212 g/mol. The lowest BCUT2D eigenvalue weighted by molar-refractivity contribution is -0.133. The largest absolute Gasteiger partial charge is 0.345 e. The topological polar surface area (TPSA) is 32.3 Å². The maximum atomic E-state index is 12.1. The van der Waals surface area contributed by atoms with Gasteiger partial charge in [-0.2, -0.15) is 0 Å². The maximum absolute atomic E-state index is 12.1. The molecule has 1 aliphatic heterocycles. The minimum atomic E-state index is 0.242. The smallest absolute Gasteiger partial charge is 0.226 e. The third kappa shape index (κ3) is 3.70. The number of carbonyl (C=O) groups is 1. The second kappa shape index (κ2) is 6.39. The van der Waals surface area contributed by atoms with Gasteiger partial charge in [0.2, 0.25) is 5.91 Å². The quantitative estimate of drug-likeness (QED) is 0.812. The molecule has 2 fully saturated rings. The van der Waals surface area contributed by atoms with Crippen molar-refractivity contribution >= 4 is 5.91 Å². The first-order valence-corrected chi connectivity index (χ1v) is 7.23. The van der Waals surface area contributed by atoms with Crippen molar-refractivity contribution in [3.8, 4) is 0 Å². The van der Waals surface area contributed by atoms with E-state index in [0.29, 0.717) is 5.91 Å². The zero-order valence-corrected chi connectivity index (χ0v) is 11.1. The van der Waals surface area contributed by atoms with Crippen molar-refractivity contribution in [3.05, 3.63) is 0 Å². The predicted octanol–water partition coefficient (Wildman–Crippen LogP) is 2.02. The molecule has 1 atom stereocenters. The molecule has 2 rings (SSSR count). The second-order valence-electron chi connectivity index (χ2n) is 5.74. The minimum Gasteiger partial charge on any atom is -0.345 e. The summed E-state index contributed by atoms with van der Waals surface area (Å²) >= 11 is 0. The van der Waals surface area contributed by atoms with Gasteiger partial charge in [-0.15, -0.1) is 0 Å². The monoisotopic (exact) mass is 238 g/mol. The minimum absolute atomic E-state index is 0.242. The molecule has 0 bridgehead atoms. The summed E-state index contributed by atoms with van der Waals surface area (Å²) in [6.07, 6.45) is 9.21. The molecule has 3 nitrogen and oxygen atoms in total. The van der Waals surface area contributed by atoms with E-state index in [9.17, 15) is 4.79 Å². The van der Waals surface area contributed by atoms with Crippen molar-refractivity contribution in [3.63, 3.8) is 0 Å². The summed E-state index contributed by atoms with van der Waals surface area (Å²) in [5.41, 5.74) is 0. The first-order chi connectivity index (χ1) is 8.27. The van der Waals surface area contributed by atoms with Crippen LogP contribution >= 0.6 is 0 Å². The molecule has 1 saturated heterocycles. The number of nitrogens with zero attached hydrogens (tertiary/aromatic N) is 1. The Morgan fingerprint density at radius 3 is 2.65 bits per heavy atom. The van der Waals surface area contributed by atoms with Gasteiger partial charge in [-0.25, -0.2) is 0 Å². The fourth-order valence-corrected chi connectivity index (χ4v) is 3.14. The molecule has 1 unspecified atom stereocenters. The van der Waals surface area contributed by atoms with Crippen LogP contribution < -0.4 is 5.32 Å². The molecule has 17 heavy (non-hydrogen) atoms. The molecular formula is C14H26N2O. The number of hydrogen-bond acceptors (Lipinski definition) is 2. The Bertz CT molecular complexity index is 243. The van der Waals surface area contributed by atoms with Crippen LogP contribution in [0.3, 0.4) is 0 Å². The summed E-state index contributed by atoms with van der Waals surface area (Å²) in [4.78, 5) is 14.1. The van der Waals surface area contributed by atoms with Gasteiger partial charge in [0.25, 0.3) is 0 Å². The summed E-state index contributed by atoms with van der Waals surface area (Å²) < 4.78 is 0. The highest BCUT2D eigenvalue weighted by molar-refractivity contribution is 5.79. The summed E-state index contributed by atoms with van der Waals surface area (Å²) in [6.45, 7) is 2.85. The molecule has 1 saturated carbocycles. The number of hydrogen-bond donors (Lipinski definition) is 1. The van der Waals surface area contributed by atoms with E-state index in [1.165, 1.54) is 38.5 Å². The van der Waals surface area contributed by atoms with E-state index in [0.717, 1.165) is 32.0 Å². The highest BCUT2D eigenvalue weighted by atomic mass is 16.2. The van der Waals surface area contributed by atoms with Gasteiger partial charge in [-0.3, -0.25) is 4.79 Å². The zero-order chi connectivity index (χ0) is 12.1. The van der Waals surface area contributed by atoms with Gasteiger partial charge >= 0.3 is 0 Å². The lowest BCUT2D eigenvalue weighted by Crippen LogP contribution is -2.35. The van der Waals surface area contributed by atoms with Crippen molar-refractivity contribution in [1.29, 1.82) is 0 Å². The van der Waals surface area contributed by atoms with Crippen LogP contribution in [0.4, 0.5) is 0 Å². The fraction of sp³-hybridized carbons (Fsp3) is 0.929. The van der Waals surface area contributed by atoms with E-state index >= 15 is 0 Å². The molecule has 0 aromatic rings. The summed E-state index contributed by atoms with van der Waals surface area (Å²) in [5.74, 6) is 1.47. The maximum Gasteiger partial charge on any atom is 0.226 e. The van der Waals surface area contributed by atoms with Gasteiger partial charge in [-0.05, 0) is 25.3 Å². The third-order valence-corrected chi connectivity index (χ3v) is 4.38. The molecule has 1 heterocycles. The summed E-state index contributed by atoms with van der Waals surface area (Å²) in [6, 6.07) is 0. The van der Waals surface area contributed by atoms with Gasteiger partial charge in [0, 0.05) is 20.1 Å². The van der Waals surface area contributed by atoms with Crippen LogP contribution in [0.2, 0.25) is 0 Å². The van der Waals surface area contributed by atoms with Crippen molar-refractivity contribution < 1.29 is 4.79 Å². The highest BCUT2D eigenvalue weighted by Crippen LogP contribution is 2.26. The van der Waals surface area contributed by atoms with Crippen molar-refractivity contribution in [2.75, 3.05) is 26.7 Å². The molecule has 2 aliphatic rings. The standard InChI is InChI=1S/C14H26N2O/c1-16(14(17)13-7-9-15-11-13)10-8-12-5-3-2-4-6-12/h12-13,15H,2-11H2,1H3. The first-order valence-electron chi connectivity index (χ1n) is 7.23. The third-order valence-electron chi connectivity index (χ3n) is 4.38. The molecule has 1 aliphatic carbocycles. The van der Waals surface area contributed by atoms with Gasteiger partial charge in [-0.1, -0.05) is 32.1 Å². The predicted molar refractivity (Wildman–Crippen MR) is 69.8 cm³/mol. The van der Waals surface area contributed by atoms with E-state index < -0.39 is 0 Å². The van der Waals surface area contributed by atoms with Crippen molar-refractivity contribution in [2.24, 2.45) is 11.8 Å². The molecule has 0 aromatic heterocycles. The average molecular weight is 238 g/mol. The van der Waals surface area contributed by atoms with Crippen LogP contribution in [0.1, 0.15) is 44.9 Å². The fourth-order valence-electron chi connectivity index (χ4n) is 3.14. The molecule has 0 spiro atoms. The average Bonchev–Trinajstić information content (AvgIpc) is 2.90. The Hall–Kier alpha value is -0.570. The molecule has 1 N–H and O–H groups in total. The Morgan fingerprint density at radius 2 is 2.00 bits per heavy atom. The van der Waals surface area contributed by atoms with Gasteiger partial charge in [0.15, 0.2) is 0 Å². The van der Waals surface area contributed by atoms with Crippen LogP contribution in [-0.2, 0) is 4.79 Å². The van der Waals surface area contributed by atoms with Crippen LogP contribution in [-0.4, -0.2) is 37.5 Å². The number of amides is 1. The van der Waals surface area contributed by atoms with Crippen molar-refractivity contribution in [1.82, 2.24) is 10.2 Å². The van der Waals surface area contributed by atoms with E-state index in [-0.39, 0.29) is 5.92 Å². The van der Waals surface area contributed by atoms with Crippen LogP contribution in [0.15, 0.2) is 0 Å². The first kappa shape index (κ1) is 12.9. The number of nitrogens with one attached hydrogen (secondary N) is 1. The Morgan fingerprint density at radius 1 is 1.24 bits per heavy atom. The molecule has 98 valence electrons. The lowest BCUT2D eigenvalue weighted by atomic mass is 9.87. The number of carbonyl (C=O) groups excluding carboxylic acids is 1. The molecule has 1 amide bonds. The summed E-state index contributed by atoms with van der Waals surface area (Å²) in [7, 11) is 1.98. The Balaban J connectivity index is 1.68. The van der Waals surface area contributed by atoms with Crippen LogP contribution in [0.5, 0.6) is 0 Å². The van der Waals surface area contributed by atoms with E-state index in [2.05, 4.69) is 5.32 Å². The van der Waals surface area contributed by atoms with Crippen LogP contribution in [0, 0.1) is 11.8 Å². The van der Waals surface area contributed by atoms with Crippen molar-refractivity contribution in [2.45, 2.75) is 44.9 Å². The van der Waals surface area contributed by atoms with E-state index in [1.54, 1.807) is 0 Å². The second-order valence-corrected chi connectivity index (χ2v) is 5.74. The SMILES string of the molecule is CN(CCC1CCCCC1)C(=O)C1CCNC1. The summed E-state index contributed by atoms with van der Waals surface area (Å²) in [5, 5.41) is 3.27. The van der Waals surface area contributed by atoms with E-state index in [4.69, 9.17) is 0 Å². The number of rotatable bonds is 4. The lowest BCUT2D eigenvalue weighted by Gasteiger charge is -2.26. The van der Waals surface area contributed by atoms with Gasteiger partial charge in [0.1, 0.15) is 0 Å². The molecule has 0 radical (unpaired) electrons.